The third kappa shape index (κ3) is 3.30. The van der Waals surface area contributed by atoms with Crippen molar-refractivity contribution in [1.29, 1.82) is 0 Å². The molecule has 2 heteroatoms. The molecule has 0 heterocycles. The minimum atomic E-state index is -0.473. The van der Waals surface area contributed by atoms with Crippen molar-refractivity contribution >= 4 is 11.5 Å². The van der Waals surface area contributed by atoms with Crippen molar-refractivity contribution in [3.05, 3.63) is 41.5 Å². The molecule has 1 aliphatic carbocycles. The van der Waals surface area contributed by atoms with Gasteiger partial charge in [0.05, 0.1) is 5.41 Å². The molecule has 0 atom stereocenters. The molecule has 2 N–H and O–H groups in total. The highest BCUT2D eigenvalue weighted by atomic mass is 16.1. The zero-order chi connectivity index (χ0) is 14.6. The lowest BCUT2D eigenvalue weighted by Crippen LogP contribution is -2.30. The molecule has 0 aromatic heterocycles. The first-order chi connectivity index (χ1) is 9.51. The average molecular weight is 271 g/mol. The van der Waals surface area contributed by atoms with Gasteiger partial charge < -0.3 is 5.73 Å². The van der Waals surface area contributed by atoms with Gasteiger partial charge in [0.1, 0.15) is 0 Å². The first kappa shape index (κ1) is 14.8. The van der Waals surface area contributed by atoms with Gasteiger partial charge in [0, 0.05) is 5.69 Å². The summed E-state index contributed by atoms with van der Waals surface area (Å²) in [7, 11) is 0. The molecule has 0 unspecified atom stereocenters. The van der Waals surface area contributed by atoms with E-state index in [-0.39, 0.29) is 5.78 Å². The molecule has 0 aliphatic heterocycles. The molecule has 0 bridgehead atoms. The second-order valence-electron chi connectivity index (χ2n) is 6.26. The molecular weight excluding hydrogens is 246 g/mol. The lowest BCUT2D eigenvalue weighted by atomic mass is 9.76. The van der Waals surface area contributed by atoms with Crippen LogP contribution in [0.3, 0.4) is 0 Å². The summed E-state index contributed by atoms with van der Waals surface area (Å²) >= 11 is 0. The van der Waals surface area contributed by atoms with Crippen LogP contribution in [0.2, 0.25) is 0 Å². The Labute approximate surface area is 122 Å². The molecular formula is C18H25NO. The highest BCUT2D eigenvalue weighted by Crippen LogP contribution is 2.30. The summed E-state index contributed by atoms with van der Waals surface area (Å²) in [5.74, 6) is 0.268. The fourth-order valence-electron chi connectivity index (χ4n) is 2.83. The van der Waals surface area contributed by atoms with Crippen LogP contribution in [-0.2, 0) is 10.2 Å². The SMILES string of the molecule is CC(C)(C(=O)/C1=C/CCCCCC1)c1ccc(N)cc1. The number of nitrogens with two attached hydrogens (primary N) is 1. The summed E-state index contributed by atoms with van der Waals surface area (Å²) in [5.41, 5.74) is 8.06. The van der Waals surface area contributed by atoms with E-state index in [0.29, 0.717) is 0 Å². The Bertz CT molecular complexity index is 497. The van der Waals surface area contributed by atoms with Crippen molar-refractivity contribution in [1.82, 2.24) is 0 Å². The predicted molar refractivity (Wildman–Crippen MR) is 84.7 cm³/mol. The standard InChI is InChI=1S/C18H25NO/c1-18(2,15-10-12-16(19)13-11-15)17(20)14-8-6-4-3-5-7-9-14/h8,10-13H,3-7,9,19H2,1-2H3/b14-8+. The molecule has 1 aromatic carbocycles. The van der Waals surface area contributed by atoms with Crippen molar-refractivity contribution in [3.8, 4) is 0 Å². The second-order valence-corrected chi connectivity index (χ2v) is 6.26. The van der Waals surface area contributed by atoms with Crippen molar-refractivity contribution in [2.45, 2.75) is 57.8 Å². The highest BCUT2D eigenvalue weighted by molar-refractivity contribution is 6.03. The number of benzene rings is 1. The van der Waals surface area contributed by atoms with Crippen molar-refractivity contribution < 1.29 is 4.79 Å². The fourth-order valence-corrected chi connectivity index (χ4v) is 2.83. The Balaban J connectivity index is 2.23. The third-order valence-electron chi connectivity index (χ3n) is 4.28. The number of allylic oxidation sites excluding steroid dienone is 2. The monoisotopic (exact) mass is 271 g/mol. The number of carbonyl (C=O) groups is 1. The Kier molecular flexibility index (Phi) is 4.64. The van der Waals surface area contributed by atoms with Crippen LogP contribution in [0.4, 0.5) is 5.69 Å². The minimum absolute atomic E-state index is 0.268. The number of rotatable bonds is 3. The summed E-state index contributed by atoms with van der Waals surface area (Å²) in [6.07, 6.45) is 9.01. The van der Waals surface area contributed by atoms with E-state index in [2.05, 4.69) is 6.08 Å². The lowest BCUT2D eigenvalue weighted by molar-refractivity contribution is -0.120. The maximum absolute atomic E-state index is 12.9. The summed E-state index contributed by atoms with van der Waals surface area (Å²) < 4.78 is 0. The number of ketones is 1. The molecule has 0 fully saturated rings. The maximum Gasteiger partial charge on any atom is 0.168 e. The van der Waals surface area contributed by atoms with Gasteiger partial charge in [-0.05, 0) is 62.8 Å². The van der Waals surface area contributed by atoms with Crippen LogP contribution in [0.1, 0.15) is 57.9 Å². The van der Waals surface area contributed by atoms with Gasteiger partial charge in [-0.15, -0.1) is 0 Å². The van der Waals surface area contributed by atoms with Crippen molar-refractivity contribution in [2.24, 2.45) is 0 Å². The van der Waals surface area contributed by atoms with Gasteiger partial charge >= 0.3 is 0 Å². The molecule has 20 heavy (non-hydrogen) atoms. The number of nitrogen functional groups attached to an aromatic ring is 1. The van der Waals surface area contributed by atoms with E-state index in [1.54, 1.807) is 0 Å². The molecule has 0 saturated heterocycles. The Morgan fingerprint density at radius 1 is 1.05 bits per heavy atom. The first-order valence-corrected chi connectivity index (χ1v) is 7.61. The lowest BCUT2D eigenvalue weighted by Gasteiger charge is -2.26. The highest BCUT2D eigenvalue weighted by Gasteiger charge is 2.31. The Hall–Kier alpha value is -1.57. The van der Waals surface area contributed by atoms with Gasteiger partial charge in [-0.1, -0.05) is 31.1 Å². The van der Waals surface area contributed by atoms with E-state index >= 15 is 0 Å². The number of carbonyl (C=O) groups excluding carboxylic acids is 1. The van der Waals surface area contributed by atoms with Crippen molar-refractivity contribution in [2.75, 3.05) is 5.73 Å². The Morgan fingerprint density at radius 3 is 2.40 bits per heavy atom. The van der Waals surface area contributed by atoms with Gasteiger partial charge in [0.2, 0.25) is 0 Å². The number of hydrogen-bond acceptors (Lipinski definition) is 2. The topological polar surface area (TPSA) is 43.1 Å². The van der Waals surface area contributed by atoms with Crippen LogP contribution >= 0.6 is 0 Å². The molecule has 2 nitrogen and oxygen atoms in total. The zero-order valence-electron chi connectivity index (χ0n) is 12.6. The second kappa shape index (κ2) is 6.25. The molecule has 0 saturated carbocycles. The summed E-state index contributed by atoms with van der Waals surface area (Å²) in [5, 5.41) is 0. The molecule has 2 rings (SSSR count). The summed E-state index contributed by atoms with van der Waals surface area (Å²) in [6.45, 7) is 4.03. The molecule has 1 aromatic rings. The van der Waals surface area contributed by atoms with Crippen LogP contribution in [-0.4, -0.2) is 5.78 Å². The van der Waals surface area contributed by atoms with Crippen molar-refractivity contribution in [3.63, 3.8) is 0 Å². The maximum atomic E-state index is 12.9. The van der Waals surface area contributed by atoms with Gasteiger partial charge in [-0.25, -0.2) is 0 Å². The van der Waals surface area contributed by atoms with E-state index in [1.807, 2.05) is 38.1 Å². The summed E-state index contributed by atoms with van der Waals surface area (Å²) in [4.78, 5) is 12.9. The van der Waals surface area contributed by atoms with E-state index in [1.165, 1.54) is 19.3 Å². The van der Waals surface area contributed by atoms with Gasteiger partial charge in [0.15, 0.2) is 5.78 Å². The minimum Gasteiger partial charge on any atom is -0.399 e. The smallest absolute Gasteiger partial charge is 0.168 e. The largest absolute Gasteiger partial charge is 0.399 e. The van der Waals surface area contributed by atoms with Crippen LogP contribution in [0, 0.1) is 0 Å². The zero-order valence-corrected chi connectivity index (χ0v) is 12.6. The Morgan fingerprint density at radius 2 is 1.70 bits per heavy atom. The van der Waals surface area contributed by atoms with E-state index < -0.39 is 5.41 Å². The van der Waals surface area contributed by atoms with Crippen LogP contribution in [0.15, 0.2) is 35.9 Å². The van der Waals surface area contributed by atoms with E-state index in [0.717, 1.165) is 36.1 Å². The molecule has 108 valence electrons. The van der Waals surface area contributed by atoms with Gasteiger partial charge in [-0.2, -0.15) is 0 Å². The molecule has 0 amide bonds. The summed E-state index contributed by atoms with van der Waals surface area (Å²) in [6, 6.07) is 7.68. The first-order valence-electron chi connectivity index (χ1n) is 7.61. The van der Waals surface area contributed by atoms with Crippen LogP contribution in [0.25, 0.3) is 0 Å². The predicted octanol–water partition coefficient (Wildman–Crippen LogP) is 4.40. The fraction of sp³-hybridized carbons (Fsp3) is 0.500. The van der Waals surface area contributed by atoms with Gasteiger partial charge in [-0.3, -0.25) is 4.79 Å². The number of hydrogen-bond donors (Lipinski definition) is 1. The quantitative estimate of drug-likeness (QED) is 0.828. The average Bonchev–Trinajstić information content (AvgIpc) is 2.38. The van der Waals surface area contributed by atoms with E-state index in [9.17, 15) is 4.79 Å². The van der Waals surface area contributed by atoms with Crippen LogP contribution in [0.5, 0.6) is 0 Å². The normalized spacial score (nSPS) is 19.6. The van der Waals surface area contributed by atoms with Gasteiger partial charge in [0.25, 0.3) is 0 Å². The molecule has 0 spiro atoms. The van der Waals surface area contributed by atoms with Crippen LogP contribution < -0.4 is 5.73 Å². The third-order valence-corrected chi connectivity index (χ3v) is 4.28. The van der Waals surface area contributed by atoms with E-state index in [4.69, 9.17) is 5.73 Å². The number of Topliss-reactive ketones (excluding diaryl/α,β-unsaturated/α-hetero) is 1. The molecule has 1 aliphatic rings. The molecule has 0 radical (unpaired) electrons. The number of anilines is 1.